The third kappa shape index (κ3) is 3.66. The minimum absolute atomic E-state index is 0.613. The summed E-state index contributed by atoms with van der Waals surface area (Å²) in [4.78, 5) is 18.7. The summed E-state index contributed by atoms with van der Waals surface area (Å²) in [5, 5.41) is 9.90. The lowest BCUT2D eigenvalue weighted by Crippen LogP contribution is -2.47. The standard InChI is InChI=1S/C20H24N2O3/c1-15-3-5-16(6-4-15)20(19(23)24)9-11-22(12-10-20)14-17-7-8-18(25-2)13-21-17/h3-8,13H,9-12,14H2,1-2H3,(H,23,24). The zero-order valence-corrected chi connectivity index (χ0v) is 14.7. The second kappa shape index (κ2) is 7.23. The van der Waals surface area contributed by atoms with Crippen LogP contribution in [0.3, 0.4) is 0 Å². The SMILES string of the molecule is COc1ccc(CN2CCC(C(=O)O)(c3ccc(C)cc3)CC2)nc1. The number of benzene rings is 1. The number of carbonyl (C=O) groups is 1. The molecule has 2 aromatic rings. The van der Waals surface area contributed by atoms with E-state index in [2.05, 4.69) is 9.88 Å². The van der Waals surface area contributed by atoms with Crippen LogP contribution in [-0.4, -0.2) is 41.2 Å². The van der Waals surface area contributed by atoms with Gasteiger partial charge in [0, 0.05) is 6.54 Å². The van der Waals surface area contributed by atoms with Gasteiger partial charge in [-0.25, -0.2) is 0 Å². The van der Waals surface area contributed by atoms with Gasteiger partial charge in [-0.15, -0.1) is 0 Å². The molecule has 1 fully saturated rings. The number of carboxylic acid groups (broad SMARTS) is 1. The number of hydrogen-bond acceptors (Lipinski definition) is 4. The average Bonchev–Trinajstić information content (AvgIpc) is 2.63. The highest BCUT2D eigenvalue weighted by Crippen LogP contribution is 2.36. The molecule has 3 rings (SSSR count). The van der Waals surface area contributed by atoms with Gasteiger partial charge in [-0.3, -0.25) is 14.7 Å². The molecule has 2 heterocycles. The van der Waals surface area contributed by atoms with E-state index in [1.54, 1.807) is 13.3 Å². The molecule has 1 aliphatic rings. The number of piperidine rings is 1. The van der Waals surface area contributed by atoms with Crippen molar-refractivity contribution in [2.24, 2.45) is 0 Å². The largest absolute Gasteiger partial charge is 0.495 e. The molecule has 1 aromatic heterocycles. The highest BCUT2D eigenvalue weighted by molar-refractivity contribution is 5.81. The number of methoxy groups -OCH3 is 1. The zero-order valence-electron chi connectivity index (χ0n) is 14.7. The van der Waals surface area contributed by atoms with Gasteiger partial charge in [0.15, 0.2) is 0 Å². The second-order valence-corrected chi connectivity index (χ2v) is 6.72. The molecule has 0 aliphatic carbocycles. The van der Waals surface area contributed by atoms with Crippen molar-refractivity contribution in [2.45, 2.75) is 31.7 Å². The first-order valence-corrected chi connectivity index (χ1v) is 8.55. The van der Waals surface area contributed by atoms with E-state index in [1.165, 1.54) is 0 Å². The minimum Gasteiger partial charge on any atom is -0.495 e. The number of rotatable bonds is 5. The Bertz CT molecular complexity index is 718. The van der Waals surface area contributed by atoms with Crippen LogP contribution in [0, 0.1) is 6.92 Å². The maximum Gasteiger partial charge on any atom is 0.314 e. The number of pyridine rings is 1. The van der Waals surface area contributed by atoms with E-state index in [0.717, 1.165) is 42.2 Å². The molecule has 132 valence electrons. The number of nitrogens with zero attached hydrogens (tertiary/aromatic N) is 2. The van der Waals surface area contributed by atoms with Gasteiger partial charge < -0.3 is 9.84 Å². The Morgan fingerprint density at radius 3 is 2.40 bits per heavy atom. The molecule has 0 amide bonds. The Kier molecular flexibility index (Phi) is 5.04. The summed E-state index contributed by atoms with van der Waals surface area (Å²) in [5.41, 5.74) is 2.25. The molecule has 0 bridgehead atoms. The fraction of sp³-hybridized carbons (Fsp3) is 0.400. The van der Waals surface area contributed by atoms with Crippen molar-refractivity contribution in [3.8, 4) is 5.75 Å². The number of carboxylic acids is 1. The molecule has 1 aromatic carbocycles. The second-order valence-electron chi connectivity index (χ2n) is 6.72. The van der Waals surface area contributed by atoms with Crippen molar-refractivity contribution in [3.05, 3.63) is 59.4 Å². The van der Waals surface area contributed by atoms with Crippen molar-refractivity contribution < 1.29 is 14.6 Å². The maximum absolute atomic E-state index is 12.1. The number of aromatic nitrogens is 1. The van der Waals surface area contributed by atoms with E-state index < -0.39 is 11.4 Å². The van der Waals surface area contributed by atoms with Gasteiger partial charge in [0.2, 0.25) is 0 Å². The van der Waals surface area contributed by atoms with Gasteiger partial charge in [-0.2, -0.15) is 0 Å². The number of aliphatic carboxylic acids is 1. The van der Waals surface area contributed by atoms with Gasteiger partial charge in [0.1, 0.15) is 5.75 Å². The summed E-state index contributed by atoms with van der Waals surface area (Å²) >= 11 is 0. The van der Waals surface area contributed by atoms with E-state index in [1.807, 2.05) is 43.3 Å². The lowest BCUT2D eigenvalue weighted by atomic mass is 9.72. The van der Waals surface area contributed by atoms with E-state index in [-0.39, 0.29) is 0 Å². The molecular formula is C20H24N2O3. The highest BCUT2D eigenvalue weighted by atomic mass is 16.5. The van der Waals surface area contributed by atoms with Crippen LogP contribution in [0.1, 0.15) is 29.7 Å². The first kappa shape index (κ1) is 17.4. The van der Waals surface area contributed by atoms with Crippen LogP contribution >= 0.6 is 0 Å². The Balaban J connectivity index is 1.69. The highest BCUT2D eigenvalue weighted by Gasteiger charge is 2.43. The molecule has 1 N–H and O–H groups in total. The predicted molar refractivity (Wildman–Crippen MR) is 95.8 cm³/mol. The Morgan fingerprint density at radius 1 is 1.20 bits per heavy atom. The van der Waals surface area contributed by atoms with E-state index in [0.29, 0.717) is 12.8 Å². The van der Waals surface area contributed by atoms with Crippen molar-refractivity contribution in [1.29, 1.82) is 0 Å². The monoisotopic (exact) mass is 340 g/mol. The van der Waals surface area contributed by atoms with Crippen molar-refractivity contribution in [2.75, 3.05) is 20.2 Å². The summed E-state index contributed by atoms with van der Waals surface area (Å²) in [6.45, 7) is 4.23. The first-order valence-electron chi connectivity index (χ1n) is 8.55. The number of aryl methyl sites for hydroxylation is 1. The van der Waals surface area contributed by atoms with Gasteiger partial charge in [0.05, 0.1) is 24.4 Å². The number of ether oxygens (including phenoxy) is 1. The Morgan fingerprint density at radius 2 is 1.88 bits per heavy atom. The molecule has 25 heavy (non-hydrogen) atoms. The first-order chi connectivity index (χ1) is 12.0. The van der Waals surface area contributed by atoms with E-state index >= 15 is 0 Å². The van der Waals surface area contributed by atoms with Crippen molar-refractivity contribution in [3.63, 3.8) is 0 Å². The molecule has 1 aliphatic heterocycles. The van der Waals surface area contributed by atoms with Crippen LogP contribution in [-0.2, 0) is 16.8 Å². The molecule has 0 spiro atoms. The number of hydrogen-bond donors (Lipinski definition) is 1. The van der Waals surface area contributed by atoms with Gasteiger partial charge in [-0.05, 0) is 50.6 Å². The Hall–Kier alpha value is -2.40. The van der Waals surface area contributed by atoms with Gasteiger partial charge in [-0.1, -0.05) is 29.8 Å². The molecule has 0 atom stereocenters. The topological polar surface area (TPSA) is 62.7 Å². The Labute approximate surface area is 148 Å². The average molecular weight is 340 g/mol. The molecule has 0 radical (unpaired) electrons. The number of likely N-dealkylation sites (tertiary alicyclic amines) is 1. The van der Waals surface area contributed by atoms with Crippen LogP contribution in [0.5, 0.6) is 5.75 Å². The molecular weight excluding hydrogens is 316 g/mol. The third-order valence-electron chi connectivity index (χ3n) is 5.14. The molecule has 0 unspecified atom stereocenters. The third-order valence-corrected chi connectivity index (χ3v) is 5.14. The van der Waals surface area contributed by atoms with Crippen molar-refractivity contribution >= 4 is 5.97 Å². The maximum atomic E-state index is 12.1. The van der Waals surface area contributed by atoms with E-state index in [9.17, 15) is 9.90 Å². The summed E-state index contributed by atoms with van der Waals surface area (Å²) < 4.78 is 5.13. The molecule has 0 saturated carbocycles. The lowest BCUT2D eigenvalue weighted by Gasteiger charge is -2.39. The van der Waals surface area contributed by atoms with Crippen LogP contribution in [0.4, 0.5) is 0 Å². The predicted octanol–water partition coefficient (Wildman–Crippen LogP) is 3.02. The summed E-state index contributed by atoms with van der Waals surface area (Å²) in [5.74, 6) is 0.0187. The molecule has 5 nitrogen and oxygen atoms in total. The summed E-state index contributed by atoms with van der Waals surface area (Å²) in [7, 11) is 1.62. The molecule has 1 saturated heterocycles. The summed E-state index contributed by atoms with van der Waals surface area (Å²) in [6.07, 6.45) is 2.94. The van der Waals surface area contributed by atoms with Gasteiger partial charge in [0.25, 0.3) is 0 Å². The zero-order chi connectivity index (χ0) is 17.9. The quantitative estimate of drug-likeness (QED) is 0.906. The smallest absolute Gasteiger partial charge is 0.314 e. The van der Waals surface area contributed by atoms with Gasteiger partial charge >= 0.3 is 5.97 Å². The van der Waals surface area contributed by atoms with Crippen molar-refractivity contribution in [1.82, 2.24) is 9.88 Å². The fourth-order valence-electron chi connectivity index (χ4n) is 3.45. The fourth-order valence-corrected chi connectivity index (χ4v) is 3.45. The van der Waals surface area contributed by atoms with Crippen LogP contribution in [0.15, 0.2) is 42.6 Å². The van der Waals surface area contributed by atoms with Crippen LogP contribution in [0.2, 0.25) is 0 Å². The summed E-state index contributed by atoms with van der Waals surface area (Å²) in [6, 6.07) is 11.8. The van der Waals surface area contributed by atoms with Crippen LogP contribution in [0.25, 0.3) is 0 Å². The minimum atomic E-state index is -0.780. The van der Waals surface area contributed by atoms with Crippen LogP contribution < -0.4 is 4.74 Å². The lowest BCUT2D eigenvalue weighted by molar-refractivity contribution is -0.146. The molecule has 5 heteroatoms. The normalized spacial score (nSPS) is 17.2. The van der Waals surface area contributed by atoms with E-state index in [4.69, 9.17) is 4.74 Å².